The van der Waals surface area contributed by atoms with Gasteiger partial charge in [-0.3, -0.25) is 14.7 Å². The minimum absolute atomic E-state index is 0.00416. The Morgan fingerprint density at radius 3 is 2.33 bits per heavy atom. The molecule has 0 bridgehead atoms. The topological polar surface area (TPSA) is 88.5 Å². The van der Waals surface area contributed by atoms with E-state index in [0.29, 0.717) is 23.2 Å². The smallest absolute Gasteiger partial charge is 0.273 e. The number of hydrogen-bond donors (Lipinski definition) is 2. The molecule has 1 aliphatic carbocycles. The number of fused-ring (bicyclic) bond motifs is 1. The Hall–Kier alpha value is -2.50. The van der Waals surface area contributed by atoms with Crippen LogP contribution in [0.25, 0.3) is 0 Å². The van der Waals surface area contributed by atoms with Crippen LogP contribution in [0, 0.1) is 10.1 Å². The van der Waals surface area contributed by atoms with Crippen LogP contribution in [0.5, 0.6) is 11.8 Å². The number of nitro groups is 1. The Bertz CT molecular complexity index is 767. The minimum atomic E-state index is -0.780. The molecule has 0 amide bonds. The van der Waals surface area contributed by atoms with Crippen LogP contribution in [0.1, 0.15) is 56.2 Å². The summed E-state index contributed by atoms with van der Waals surface area (Å²) in [5.41, 5.74) is 0.931. The summed E-state index contributed by atoms with van der Waals surface area (Å²) in [4.78, 5) is 10.9. The number of para-hydroxylation sites is 1. The van der Waals surface area contributed by atoms with Gasteiger partial charge in [-0.05, 0) is 13.3 Å². The largest absolute Gasteiger partial charge is 0.494 e. The van der Waals surface area contributed by atoms with Gasteiger partial charge in [0.2, 0.25) is 0 Å². The van der Waals surface area contributed by atoms with Gasteiger partial charge in [-0.15, -0.1) is 0 Å². The number of aromatic nitrogens is 1. The van der Waals surface area contributed by atoms with Gasteiger partial charge in [0.25, 0.3) is 5.69 Å². The first kappa shape index (κ1) is 16.4. The van der Waals surface area contributed by atoms with E-state index in [9.17, 15) is 20.3 Å². The first-order valence-electron chi connectivity index (χ1n) is 8.33. The van der Waals surface area contributed by atoms with Crippen molar-refractivity contribution in [1.82, 2.24) is 4.57 Å². The molecule has 0 aliphatic heterocycles. The molecule has 0 fully saturated rings. The number of hydrogen-bond acceptors (Lipinski definition) is 4. The predicted octanol–water partition coefficient (Wildman–Crippen LogP) is 4.06. The second-order valence-corrected chi connectivity index (χ2v) is 6.51. The van der Waals surface area contributed by atoms with Gasteiger partial charge < -0.3 is 10.2 Å². The first-order chi connectivity index (χ1) is 11.4. The van der Waals surface area contributed by atoms with E-state index in [1.54, 1.807) is 25.1 Å². The van der Waals surface area contributed by atoms with E-state index in [1.807, 2.05) is 0 Å². The average Bonchev–Trinajstić information content (AvgIpc) is 3.11. The Morgan fingerprint density at radius 1 is 1.12 bits per heavy atom. The summed E-state index contributed by atoms with van der Waals surface area (Å²) in [6.45, 7) is 4.49. The molecule has 0 saturated heterocycles. The van der Waals surface area contributed by atoms with Gasteiger partial charge in [0, 0.05) is 29.3 Å². The van der Waals surface area contributed by atoms with Crippen molar-refractivity contribution in [2.75, 3.05) is 0 Å². The van der Waals surface area contributed by atoms with Crippen molar-refractivity contribution in [3.8, 4) is 11.8 Å². The Balaban J connectivity index is 1.91. The molecule has 3 rings (SSSR count). The second-order valence-electron chi connectivity index (χ2n) is 6.51. The summed E-state index contributed by atoms with van der Waals surface area (Å²) < 4.78 is 1.51. The van der Waals surface area contributed by atoms with Gasteiger partial charge in [0.15, 0.2) is 11.8 Å². The molecule has 1 aromatic heterocycles. The Kier molecular flexibility index (Phi) is 3.99. The number of benzene rings is 1. The number of unbranched alkanes of at least 4 members (excludes halogenated alkanes) is 3. The lowest BCUT2D eigenvalue weighted by Crippen LogP contribution is -2.12. The van der Waals surface area contributed by atoms with E-state index < -0.39 is 10.3 Å². The van der Waals surface area contributed by atoms with Crippen LogP contribution in [0.2, 0.25) is 0 Å². The first-order valence-corrected chi connectivity index (χ1v) is 8.33. The van der Waals surface area contributed by atoms with Crippen molar-refractivity contribution in [3.63, 3.8) is 0 Å². The lowest BCUT2D eigenvalue weighted by molar-refractivity contribution is -0.385. The summed E-state index contributed by atoms with van der Waals surface area (Å²) in [6, 6.07) is 6.49. The fourth-order valence-corrected chi connectivity index (χ4v) is 3.65. The molecular formula is C18H22N2O4. The lowest BCUT2D eigenvalue weighted by Gasteiger charge is -2.16. The third kappa shape index (κ3) is 2.25. The monoisotopic (exact) mass is 330 g/mol. The van der Waals surface area contributed by atoms with E-state index in [1.165, 1.54) is 10.6 Å². The fraction of sp³-hybridized carbons (Fsp3) is 0.444. The summed E-state index contributed by atoms with van der Waals surface area (Å²) >= 11 is 0. The van der Waals surface area contributed by atoms with E-state index in [2.05, 4.69) is 6.92 Å². The maximum Gasteiger partial charge on any atom is 0.273 e. The Morgan fingerprint density at radius 2 is 1.75 bits per heavy atom. The van der Waals surface area contributed by atoms with Crippen LogP contribution in [-0.2, 0) is 12.0 Å². The lowest BCUT2D eigenvalue weighted by atomic mass is 9.91. The van der Waals surface area contributed by atoms with E-state index in [-0.39, 0.29) is 17.4 Å². The highest BCUT2D eigenvalue weighted by Gasteiger charge is 2.58. The molecule has 0 spiro atoms. The van der Waals surface area contributed by atoms with Crippen LogP contribution in [0.3, 0.4) is 0 Å². The molecule has 0 atom stereocenters. The number of aromatic hydroxyl groups is 2. The molecule has 0 radical (unpaired) electrons. The molecule has 2 aromatic rings. The zero-order valence-corrected chi connectivity index (χ0v) is 14.0. The van der Waals surface area contributed by atoms with Gasteiger partial charge in [-0.1, -0.05) is 44.4 Å². The zero-order chi connectivity index (χ0) is 17.5. The van der Waals surface area contributed by atoms with Crippen LogP contribution in [0.15, 0.2) is 24.3 Å². The van der Waals surface area contributed by atoms with Crippen LogP contribution >= 0.6 is 0 Å². The van der Waals surface area contributed by atoms with Gasteiger partial charge in [-0.25, -0.2) is 0 Å². The quantitative estimate of drug-likeness (QED) is 0.455. The average molecular weight is 330 g/mol. The zero-order valence-electron chi connectivity index (χ0n) is 14.0. The number of nitrogens with zero attached hydrogens (tertiary/aromatic N) is 2. The third-order valence-electron chi connectivity index (χ3n) is 5.02. The predicted molar refractivity (Wildman–Crippen MR) is 90.6 cm³/mol. The van der Waals surface area contributed by atoms with Crippen LogP contribution < -0.4 is 0 Å². The van der Waals surface area contributed by atoms with E-state index >= 15 is 0 Å². The Labute approximate surface area is 140 Å². The normalized spacial score (nSPS) is 14.4. The molecular weight excluding hydrogens is 308 g/mol. The van der Waals surface area contributed by atoms with Gasteiger partial charge in [0.1, 0.15) is 0 Å². The van der Waals surface area contributed by atoms with Crippen molar-refractivity contribution < 1.29 is 15.1 Å². The van der Waals surface area contributed by atoms with Crippen molar-refractivity contribution in [2.24, 2.45) is 0 Å². The van der Waals surface area contributed by atoms with E-state index in [0.717, 1.165) is 25.7 Å². The summed E-state index contributed by atoms with van der Waals surface area (Å²) in [5, 5.41) is 32.3. The molecule has 1 aliphatic rings. The van der Waals surface area contributed by atoms with Crippen molar-refractivity contribution in [3.05, 3.63) is 51.1 Å². The molecule has 0 unspecified atom stereocenters. The molecule has 24 heavy (non-hydrogen) atoms. The maximum atomic E-state index is 11.3. The summed E-state index contributed by atoms with van der Waals surface area (Å²) in [5.74, 6) is 0.0549. The van der Waals surface area contributed by atoms with Gasteiger partial charge in [0.05, 0.1) is 10.3 Å². The fourth-order valence-electron chi connectivity index (χ4n) is 3.65. The molecule has 6 heteroatoms. The minimum Gasteiger partial charge on any atom is -0.494 e. The van der Waals surface area contributed by atoms with Gasteiger partial charge in [-0.2, -0.15) is 0 Å². The molecule has 0 saturated carbocycles. The number of rotatable bonds is 7. The summed E-state index contributed by atoms with van der Waals surface area (Å²) in [7, 11) is 0. The van der Waals surface area contributed by atoms with Crippen LogP contribution in [0.4, 0.5) is 5.69 Å². The number of nitro benzene ring substituents is 1. The standard InChI is InChI=1S/C18H22N2O4/c1-3-4-5-8-11-19-16(21)14-15(17(19)22)18(14,2)12-9-6-7-10-13(12)20(23)24/h6-7,9-10,21-22H,3-5,8,11H2,1-2H3. The SMILES string of the molecule is CCCCCCn1c(O)c2c(c1O)C2(C)c1ccccc1[N+](=O)[O-]. The van der Waals surface area contributed by atoms with Crippen molar-refractivity contribution in [2.45, 2.75) is 51.5 Å². The van der Waals surface area contributed by atoms with Crippen LogP contribution in [-0.4, -0.2) is 19.7 Å². The van der Waals surface area contributed by atoms with Crippen molar-refractivity contribution in [1.29, 1.82) is 0 Å². The van der Waals surface area contributed by atoms with E-state index in [4.69, 9.17) is 0 Å². The molecule has 6 nitrogen and oxygen atoms in total. The molecule has 2 N–H and O–H groups in total. The van der Waals surface area contributed by atoms with Gasteiger partial charge >= 0.3 is 0 Å². The molecule has 128 valence electrons. The highest BCUT2D eigenvalue weighted by Crippen LogP contribution is 2.65. The molecule has 1 aromatic carbocycles. The third-order valence-corrected chi connectivity index (χ3v) is 5.02. The van der Waals surface area contributed by atoms with Crippen molar-refractivity contribution >= 4 is 5.69 Å². The highest BCUT2D eigenvalue weighted by atomic mass is 16.6. The maximum absolute atomic E-state index is 11.3. The second kappa shape index (κ2) is 5.85. The molecule has 1 heterocycles. The highest BCUT2D eigenvalue weighted by molar-refractivity contribution is 5.78. The summed E-state index contributed by atoms with van der Waals surface area (Å²) in [6.07, 6.45) is 4.16.